The molecule has 2 fully saturated rings. The first-order chi connectivity index (χ1) is 11.0. The van der Waals surface area contributed by atoms with Crippen LogP contribution in [-0.4, -0.2) is 33.7 Å². The SMILES string of the molecule is O=C(O)c1ccc(/C=C2\SC(=O)N(CC3CCCC3)C2=O)cc1. The van der Waals surface area contributed by atoms with E-state index in [1.165, 1.54) is 29.9 Å². The molecule has 5 nitrogen and oxygen atoms in total. The molecule has 0 bridgehead atoms. The van der Waals surface area contributed by atoms with E-state index in [1.54, 1.807) is 18.2 Å². The molecule has 1 aliphatic carbocycles. The maximum absolute atomic E-state index is 12.4. The van der Waals surface area contributed by atoms with Crippen LogP contribution in [0.15, 0.2) is 29.2 Å². The number of benzene rings is 1. The highest BCUT2D eigenvalue weighted by Gasteiger charge is 2.36. The molecule has 120 valence electrons. The lowest BCUT2D eigenvalue weighted by atomic mass is 10.1. The first-order valence-corrected chi connectivity index (χ1v) is 8.45. The number of carboxylic acid groups (broad SMARTS) is 1. The van der Waals surface area contributed by atoms with Crippen molar-refractivity contribution in [2.45, 2.75) is 25.7 Å². The van der Waals surface area contributed by atoms with Gasteiger partial charge in [-0.05, 0) is 54.3 Å². The normalized spacial score (nSPS) is 20.7. The number of carboxylic acids is 1. The summed E-state index contributed by atoms with van der Waals surface area (Å²) in [4.78, 5) is 37.1. The van der Waals surface area contributed by atoms with Crippen LogP contribution in [0.4, 0.5) is 4.79 Å². The van der Waals surface area contributed by atoms with Gasteiger partial charge in [-0.3, -0.25) is 14.5 Å². The van der Waals surface area contributed by atoms with E-state index in [4.69, 9.17) is 5.11 Å². The zero-order chi connectivity index (χ0) is 16.4. The summed E-state index contributed by atoms with van der Waals surface area (Å²) in [5.41, 5.74) is 0.901. The number of nitrogens with zero attached hydrogens (tertiary/aromatic N) is 1. The van der Waals surface area contributed by atoms with Gasteiger partial charge in [-0.2, -0.15) is 0 Å². The molecule has 1 aliphatic heterocycles. The zero-order valence-corrected chi connectivity index (χ0v) is 13.3. The van der Waals surface area contributed by atoms with Crippen LogP contribution in [0.3, 0.4) is 0 Å². The number of carbonyl (C=O) groups excluding carboxylic acids is 2. The minimum Gasteiger partial charge on any atom is -0.478 e. The summed E-state index contributed by atoms with van der Waals surface area (Å²) in [6.07, 6.45) is 6.15. The minimum absolute atomic E-state index is 0.191. The first-order valence-electron chi connectivity index (χ1n) is 7.63. The molecule has 0 unspecified atom stereocenters. The first kappa shape index (κ1) is 15.8. The fourth-order valence-corrected chi connectivity index (χ4v) is 3.83. The molecule has 6 heteroatoms. The Bertz CT molecular complexity index is 674. The van der Waals surface area contributed by atoms with Gasteiger partial charge in [0, 0.05) is 6.54 Å². The molecule has 1 saturated heterocycles. The highest BCUT2D eigenvalue weighted by Crippen LogP contribution is 2.35. The molecule has 1 heterocycles. The fourth-order valence-electron chi connectivity index (χ4n) is 2.98. The average Bonchev–Trinajstić information content (AvgIpc) is 3.12. The summed E-state index contributed by atoms with van der Waals surface area (Å²) >= 11 is 0.953. The predicted octanol–water partition coefficient (Wildman–Crippen LogP) is 3.61. The van der Waals surface area contributed by atoms with Crippen molar-refractivity contribution in [3.63, 3.8) is 0 Å². The molecule has 1 N–H and O–H groups in total. The second-order valence-corrected chi connectivity index (χ2v) is 6.86. The number of amides is 2. The Morgan fingerprint density at radius 3 is 2.48 bits per heavy atom. The highest BCUT2D eigenvalue weighted by atomic mass is 32.2. The van der Waals surface area contributed by atoms with Crippen LogP contribution in [0.2, 0.25) is 0 Å². The number of thioether (sulfide) groups is 1. The van der Waals surface area contributed by atoms with E-state index in [0.29, 0.717) is 22.9 Å². The Kier molecular flexibility index (Phi) is 4.52. The van der Waals surface area contributed by atoms with Crippen molar-refractivity contribution in [3.05, 3.63) is 40.3 Å². The van der Waals surface area contributed by atoms with Crippen LogP contribution < -0.4 is 0 Å². The molecular formula is C17H17NO4S. The van der Waals surface area contributed by atoms with Crippen LogP contribution in [0.25, 0.3) is 6.08 Å². The van der Waals surface area contributed by atoms with E-state index in [-0.39, 0.29) is 16.7 Å². The summed E-state index contributed by atoms with van der Waals surface area (Å²) in [5, 5.41) is 8.67. The zero-order valence-electron chi connectivity index (χ0n) is 12.5. The van der Waals surface area contributed by atoms with E-state index in [1.807, 2.05) is 0 Å². The van der Waals surface area contributed by atoms with E-state index in [9.17, 15) is 14.4 Å². The number of hydrogen-bond donors (Lipinski definition) is 1. The molecule has 0 radical (unpaired) electrons. The molecule has 0 atom stereocenters. The molecule has 1 saturated carbocycles. The predicted molar refractivity (Wildman–Crippen MR) is 88.0 cm³/mol. The number of rotatable bonds is 4. The third-order valence-electron chi connectivity index (χ3n) is 4.24. The maximum atomic E-state index is 12.4. The van der Waals surface area contributed by atoms with Crippen molar-refractivity contribution in [3.8, 4) is 0 Å². The van der Waals surface area contributed by atoms with Crippen LogP contribution in [0.1, 0.15) is 41.6 Å². The average molecular weight is 331 g/mol. The van der Waals surface area contributed by atoms with Gasteiger partial charge in [-0.25, -0.2) is 4.79 Å². The number of hydrogen-bond acceptors (Lipinski definition) is 4. The molecule has 3 rings (SSSR count). The van der Waals surface area contributed by atoms with Crippen molar-refractivity contribution in [1.82, 2.24) is 4.90 Å². The van der Waals surface area contributed by atoms with Gasteiger partial charge < -0.3 is 5.11 Å². The van der Waals surface area contributed by atoms with Gasteiger partial charge in [-0.1, -0.05) is 25.0 Å². The molecule has 2 aliphatic rings. The molecule has 2 amide bonds. The summed E-state index contributed by atoms with van der Waals surface area (Å²) in [5.74, 6) is -0.805. The molecule has 1 aromatic rings. The van der Waals surface area contributed by atoms with E-state index in [2.05, 4.69) is 0 Å². The minimum atomic E-state index is -0.992. The Hall–Kier alpha value is -2.08. The van der Waals surface area contributed by atoms with E-state index < -0.39 is 5.97 Å². The maximum Gasteiger partial charge on any atom is 0.335 e. The Morgan fingerprint density at radius 1 is 1.22 bits per heavy atom. The Balaban J connectivity index is 1.73. The third-order valence-corrected chi connectivity index (χ3v) is 5.15. The lowest BCUT2D eigenvalue weighted by Gasteiger charge is -2.16. The fraction of sp³-hybridized carbons (Fsp3) is 0.353. The lowest BCUT2D eigenvalue weighted by molar-refractivity contribution is -0.123. The smallest absolute Gasteiger partial charge is 0.335 e. The van der Waals surface area contributed by atoms with Crippen LogP contribution >= 0.6 is 11.8 Å². The van der Waals surface area contributed by atoms with Crippen molar-refractivity contribution < 1.29 is 19.5 Å². The quantitative estimate of drug-likeness (QED) is 0.853. The van der Waals surface area contributed by atoms with Crippen molar-refractivity contribution in [2.75, 3.05) is 6.54 Å². The van der Waals surface area contributed by atoms with Crippen molar-refractivity contribution in [2.24, 2.45) is 5.92 Å². The molecule has 1 aromatic carbocycles. The van der Waals surface area contributed by atoms with Crippen molar-refractivity contribution in [1.29, 1.82) is 0 Å². The summed E-state index contributed by atoms with van der Waals surface area (Å²) < 4.78 is 0. The topological polar surface area (TPSA) is 74.7 Å². The van der Waals surface area contributed by atoms with Gasteiger partial charge in [0.25, 0.3) is 11.1 Å². The largest absolute Gasteiger partial charge is 0.478 e. The third kappa shape index (κ3) is 3.47. The summed E-state index contributed by atoms with van der Waals surface area (Å²) in [6.45, 7) is 0.514. The van der Waals surface area contributed by atoms with Crippen LogP contribution in [-0.2, 0) is 4.79 Å². The van der Waals surface area contributed by atoms with Crippen LogP contribution in [0, 0.1) is 5.92 Å². The number of carbonyl (C=O) groups is 3. The van der Waals surface area contributed by atoms with Gasteiger partial charge in [-0.15, -0.1) is 0 Å². The van der Waals surface area contributed by atoms with Gasteiger partial charge >= 0.3 is 5.97 Å². The highest BCUT2D eigenvalue weighted by molar-refractivity contribution is 8.18. The van der Waals surface area contributed by atoms with Gasteiger partial charge in [0.1, 0.15) is 0 Å². The van der Waals surface area contributed by atoms with Gasteiger partial charge in [0.05, 0.1) is 10.5 Å². The van der Waals surface area contributed by atoms with Crippen LogP contribution in [0.5, 0.6) is 0 Å². The Labute approximate surface area is 138 Å². The Morgan fingerprint density at radius 2 is 1.87 bits per heavy atom. The molecule has 0 aromatic heterocycles. The monoisotopic (exact) mass is 331 g/mol. The van der Waals surface area contributed by atoms with Gasteiger partial charge in [0.2, 0.25) is 0 Å². The molecule has 0 spiro atoms. The second kappa shape index (κ2) is 6.58. The molecule has 23 heavy (non-hydrogen) atoms. The lowest BCUT2D eigenvalue weighted by Crippen LogP contribution is -2.32. The number of imide groups is 1. The standard InChI is InChI=1S/C17H17NO4S/c19-15-14(9-11-5-7-13(8-6-11)16(20)21)23-17(22)18(15)10-12-3-1-2-4-12/h5-9,12H,1-4,10H2,(H,20,21)/b14-9-. The number of aromatic carboxylic acids is 1. The summed E-state index contributed by atoms with van der Waals surface area (Å²) in [6, 6.07) is 6.23. The van der Waals surface area contributed by atoms with Crippen molar-refractivity contribution >= 4 is 35.0 Å². The second-order valence-electron chi connectivity index (χ2n) is 5.87. The van der Waals surface area contributed by atoms with E-state index in [0.717, 1.165) is 24.6 Å². The summed E-state index contributed by atoms with van der Waals surface area (Å²) in [7, 11) is 0. The molecular weight excluding hydrogens is 314 g/mol. The van der Waals surface area contributed by atoms with Gasteiger partial charge in [0.15, 0.2) is 0 Å². The van der Waals surface area contributed by atoms with E-state index >= 15 is 0 Å².